The third-order valence-electron chi connectivity index (χ3n) is 4.11. The summed E-state index contributed by atoms with van der Waals surface area (Å²) in [6, 6.07) is 1.13. The second kappa shape index (κ2) is 8.44. The van der Waals surface area contributed by atoms with Gasteiger partial charge in [-0.1, -0.05) is 0 Å². The molecule has 0 radical (unpaired) electrons. The van der Waals surface area contributed by atoms with Crippen molar-refractivity contribution in [1.29, 1.82) is 0 Å². The minimum atomic E-state index is -0.502. The molecule has 0 aliphatic carbocycles. The smallest absolute Gasteiger partial charge is 0.227 e. The molecule has 0 bridgehead atoms. The highest BCUT2D eigenvalue weighted by Crippen LogP contribution is 2.17. The fourth-order valence-corrected chi connectivity index (χ4v) is 2.76. The largest absolute Gasteiger partial charge is 0.502 e. The number of rotatable bonds is 7. The molecule has 130 valence electrons. The van der Waals surface area contributed by atoms with Gasteiger partial charge in [-0.15, -0.1) is 0 Å². The van der Waals surface area contributed by atoms with E-state index < -0.39 is 5.43 Å². The van der Waals surface area contributed by atoms with Crippen molar-refractivity contribution in [3.63, 3.8) is 0 Å². The molecule has 1 saturated heterocycles. The van der Waals surface area contributed by atoms with Gasteiger partial charge in [-0.25, -0.2) is 0 Å². The van der Waals surface area contributed by atoms with Crippen molar-refractivity contribution in [1.82, 2.24) is 14.7 Å². The number of aliphatic hydroxyl groups excluding tert-OH is 1. The second-order valence-corrected chi connectivity index (χ2v) is 6.28. The predicted molar refractivity (Wildman–Crippen MR) is 87.5 cm³/mol. The van der Waals surface area contributed by atoms with Gasteiger partial charge in [0.25, 0.3) is 0 Å². The Balaban J connectivity index is 1.85. The highest BCUT2D eigenvalue weighted by atomic mass is 16.4. The van der Waals surface area contributed by atoms with Crippen LogP contribution in [-0.2, 0) is 13.2 Å². The topological polar surface area (TPSA) is 80.4 Å². The molecule has 1 aliphatic heterocycles. The molecule has 23 heavy (non-hydrogen) atoms. The molecule has 0 amide bonds. The standard InChI is InChI=1S/C16H27N3O4/c1-17(2)4-3-5-18-6-8-19(9-7-18)11-15-16(22)14(21)10-13(12-20)23-15/h10,20,22H,3-9,11-12H2,1-2H3. The minimum Gasteiger partial charge on any atom is -0.502 e. The fourth-order valence-electron chi connectivity index (χ4n) is 2.76. The summed E-state index contributed by atoms with van der Waals surface area (Å²) in [6.07, 6.45) is 1.15. The van der Waals surface area contributed by atoms with E-state index in [0.29, 0.717) is 6.54 Å². The number of nitrogens with zero attached hydrogens (tertiary/aromatic N) is 3. The summed E-state index contributed by atoms with van der Waals surface area (Å²) in [5, 5.41) is 18.9. The zero-order valence-corrected chi connectivity index (χ0v) is 14.0. The van der Waals surface area contributed by atoms with Crippen LogP contribution in [0.1, 0.15) is 17.9 Å². The lowest BCUT2D eigenvalue weighted by Gasteiger charge is -2.34. The number of aliphatic hydroxyl groups is 1. The molecule has 0 spiro atoms. The van der Waals surface area contributed by atoms with E-state index in [4.69, 9.17) is 9.52 Å². The molecule has 2 N–H and O–H groups in total. The van der Waals surface area contributed by atoms with Gasteiger partial charge in [-0.05, 0) is 33.6 Å². The van der Waals surface area contributed by atoms with Crippen molar-refractivity contribution in [2.45, 2.75) is 19.6 Å². The van der Waals surface area contributed by atoms with Crippen molar-refractivity contribution in [3.8, 4) is 5.75 Å². The zero-order valence-electron chi connectivity index (χ0n) is 14.0. The van der Waals surface area contributed by atoms with Crippen LogP contribution in [0.5, 0.6) is 5.75 Å². The summed E-state index contributed by atoms with van der Waals surface area (Å²) in [7, 11) is 4.16. The van der Waals surface area contributed by atoms with Crippen LogP contribution >= 0.6 is 0 Å². The molecule has 1 aliphatic rings. The maximum absolute atomic E-state index is 11.6. The van der Waals surface area contributed by atoms with Gasteiger partial charge in [0.05, 0.1) is 6.54 Å². The Morgan fingerprint density at radius 2 is 1.87 bits per heavy atom. The Bertz CT molecular complexity index is 551. The minimum absolute atomic E-state index is 0.185. The molecule has 0 atom stereocenters. The highest BCUT2D eigenvalue weighted by molar-refractivity contribution is 5.24. The van der Waals surface area contributed by atoms with Crippen LogP contribution in [0.3, 0.4) is 0 Å². The molecule has 2 heterocycles. The van der Waals surface area contributed by atoms with E-state index >= 15 is 0 Å². The first-order valence-electron chi connectivity index (χ1n) is 8.04. The monoisotopic (exact) mass is 325 g/mol. The number of hydrogen-bond acceptors (Lipinski definition) is 7. The molecule has 1 aromatic heterocycles. The summed E-state index contributed by atoms with van der Waals surface area (Å²) < 4.78 is 5.40. The predicted octanol–water partition coefficient (Wildman–Crippen LogP) is -0.0930. The Labute approximate surface area is 136 Å². The number of piperazine rings is 1. The Hall–Kier alpha value is -1.41. The molecule has 0 unspecified atom stereocenters. The lowest BCUT2D eigenvalue weighted by atomic mass is 10.2. The van der Waals surface area contributed by atoms with Crippen LogP contribution in [-0.4, -0.2) is 78.3 Å². The van der Waals surface area contributed by atoms with Crippen LogP contribution in [0.25, 0.3) is 0 Å². The van der Waals surface area contributed by atoms with Gasteiger partial charge < -0.3 is 24.4 Å². The third kappa shape index (κ3) is 5.31. The first-order valence-corrected chi connectivity index (χ1v) is 8.04. The van der Waals surface area contributed by atoms with Gasteiger partial charge in [0.15, 0.2) is 5.76 Å². The summed E-state index contributed by atoms with van der Waals surface area (Å²) in [5.41, 5.74) is -0.502. The van der Waals surface area contributed by atoms with Crippen LogP contribution in [0.2, 0.25) is 0 Å². The maximum atomic E-state index is 11.6. The van der Waals surface area contributed by atoms with Crippen molar-refractivity contribution < 1.29 is 14.6 Å². The first kappa shape index (κ1) is 17.9. The maximum Gasteiger partial charge on any atom is 0.227 e. The molecular formula is C16H27N3O4. The van der Waals surface area contributed by atoms with E-state index in [2.05, 4.69) is 28.8 Å². The van der Waals surface area contributed by atoms with Crippen molar-refractivity contribution >= 4 is 0 Å². The lowest BCUT2D eigenvalue weighted by molar-refractivity contribution is 0.114. The lowest BCUT2D eigenvalue weighted by Crippen LogP contribution is -2.46. The summed E-state index contributed by atoms with van der Waals surface area (Å²) in [5.74, 6) is 0.0725. The summed E-state index contributed by atoms with van der Waals surface area (Å²) >= 11 is 0. The second-order valence-electron chi connectivity index (χ2n) is 6.28. The van der Waals surface area contributed by atoms with E-state index in [0.717, 1.165) is 51.8 Å². The molecule has 7 nitrogen and oxygen atoms in total. The van der Waals surface area contributed by atoms with Crippen molar-refractivity contribution in [2.24, 2.45) is 0 Å². The van der Waals surface area contributed by atoms with Crippen LogP contribution < -0.4 is 5.43 Å². The Morgan fingerprint density at radius 3 is 2.48 bits per heavy atom. The zero-order chi connectivity index (χ0) is 16.8. The number of aromatic hydroxyl groups is 1. The Morgan fingerprint density at radius 1 is 1.22 bits per heavy atom. The SMILES string of the molecule is CN(C)CCCN1CCN(Cc2oc(CO)cc(=O)c2O)CC1. The number of hydrogen-bond donors (Lipinski definition) is 2. The molecule has 1 fully saturated rings. The van der Waals surface area contributed by atoms with Crippen LogP contribution in [0, 0.1) is 0 Å². The molecule has 0 aromatic carbocycles. The van der Waals surface area contributed by atoms with E-state index in [1.807, 2.05) is 0 Å². The molecule has 0 saturated carbocycles. The van der Waals surface area contributed by atoms with E-state index in [-0.39, 0.29) is 23.9 Å². The van der Waals surface area contributed by atoms with E-state index in [1.54, 1.807) is 0 Å². The fraction of sp³-hybridized carbons (Fsp3) is 0.688. The average Bonchev–Trinajstić information content (AvgIpc) is 2.53. The van der Waals surface area contributed by atoms with Crippen LogP contribution in [0.15, 0.2) is 15.3 Å². The summed E-state index contributed by atoms with van der Waals surface area (Å²) in [6.45, 7) is 5.90. The summed E-state index contributed by atoms with van der Waals surface area (Å²) in [4.78, 5) is 18.4. The van der Waals surface area contributed by atoms with Gasteiger partial charge in [0.1, 0.15) is 12.4 Å². The molecule has 1 aromatic rings. The van der Waals surface area contributed by atoms with Gasteiger partial charge in [-0.3, -0.25) is 9.69 Å². The Kier molecular flexibility index (Phi) is 6.59. The normalized spacial score (nSPS) is 17.0. The van der Waals surface area contributed by atoms with Crippen molar-refractivity contribution in [3.05, 3.63) is 27.8 Å². The first-order chi connectivity index (χ1) is 11.0. The third-order valence-corrected chi connectivity index (χ3v) is 4.11. The van der Waals surface area contributed by atoms with E-state index in [1.165, 1.54) is 0 Å². The molecule has 2 rings (SSSR count). The highest BCUT2D eigenvalue weighted by Gasteiger charge is 2.20. The van der Waals surface area contributed by atoms with Gasteiger partial charge >= 0.3 is 0 Å². The quantitative estimate of drug-likeness (QED) is 0.725. The molecule has 7 heteroatoms. The molecular weight excluding hydrogens is 298 g/mol. The van der Waals surface area contributed by atoms with E-state index in [9.17, 15) is 9.90 Å². The average molecular weight is 325 g/mol. The van der Waals surface area contributed by atoms with Gasteiger partial charge in [0.2, 0.25) is 11.2 Å². The van der Waals surface area contributed by atoms with Gasteiger partial charge in [0, 0.05) is 32.2 Å². The van der Waals surface area contributed by atoms with Crippen molar-refractivity contribution in [2.75, 3.05) is 53.4 Å². The van der Waals surface area contributed by atoms with Gasteiger partial charge in [-0.2, -0.15) is 0 Å². The van der Waals surface area contributed by atoms with Crippen LogP contribution in [0.4, 0.5) is 0 Å².